The van der Waals surface area contributed by atoms with E-state index in [4.69, 9.17) is 10.1 Å². The van der Waals surface area contributed by atoms with Crippen molar-refractivity contribution in [3.8, 4) is 5.75 Å². The summed E-state index contributed by atoms with van der Waals surface area (Å²) in [5.41, 5.74) is 5.46. The number of nitrogens with one attached hydrogen (secondary N) is 2. The Bertz CT molecular complexity index is 1180. The summed E-state index contributed by atoms with van der Waals surface area (Å²) in [7, 11) is 1.61. The quantitative estimate of drug-likeness (QED) is 0.442. The van der Waals surface area contributed by atoms with Gasteiger partial charge in [-0.05, 0) is 66.6 Å². The first-order valence-corrected chi connectivity index (χ1v) is 12.9. The molecule has 1 saturated heterocycles. The third-order valence-corrected chi connectivity index (χ3v) is 7.06. The third kappa shape index (κ3) is 6.17. The molecule has 2 aliphatic rings. The lowest BCUT2D eigenvalue weighted by Crippen LogP contribution is -2.30. The van der Waals surface area contributed by atoms with Crippen LogP contribution < -0.4 is 15.0 Å². The van der Waals surface area contributed by atoms with E-state index in [0.717, 1.165) is 29.8 Å². The number of amides is 1. The van der Waals surface area contributed by atoms with Crippen LogP contribution in [0.1, 0.15) is 73.1 Å². The van der Waals surface area contributed by atoms with Gasteiger partial charge in [-0.1, -0.05) is 20.8 Å². The maximum atomic E-state index is 13.4. The van der Waals surface area contributed by atoms with Crippen LogP contribution >= 0.6 is 17.0 Å². The molecule has 200 valence electrons. The number of nitrogens with zero attached hydrogens (tertiary/aromatic N) is 2. The van der Waals surface area contributed by atoms with E-state index in [1.807, 2.05) is 25.1 Å². The molecular weight excluding hydrogens is 532 g/mol. The van der Waals surface area contributed by atoms with Gasteiger partial charge in [-0.25, -0.2) is 0 Å². The van der Waals surface area contributed by atoms with Crippen molar-refractivity contribution in [2.45, 2.75) is 58.9 Å². The van der Waals surface area contributed by atoms with E-state index >= 15 is 0 Å². The molecule has 0 saturated carbocycles. The first kappa shape index (κ1) is 28.7. The second kappa shape index (κ2) is 11.7. The summed E-state index contributed by atoms with van der Waals surface area (Å²) in [5, 5.41) is 11.4. The number of fused-ring (bicyclic) bond motifs is 1. The van der Waals surface area contributed by atoms with E-state index in [1.165, 1.54) is 24.1 Å². The smallest absolute Gasteiger partial charge is 0.224 e. The minimum Gasteiger partial charge on any atom is -0.494 e. The molecule has 37 heavy (non-hydrogen) atoms. The number of hydrogen-bond acceptors (Lipinski definition) is 5. The molecular formula is C29H39BrN4O3. The molecule has 0 spiro atoms. The predicted octanol–water partition coefficient (Wildman–Crippen LogP) is 4.87. The number of anilines is 1. The van der Waals surface area contributed by atoms with Crippen molar-refractivity contribution in [2.75, 3.05) is 38.2 Å². The Morgan fingerprint density at radius 1 is 1.11 bits per heavy atom. The summed E-state index contributed by atoms with van der Waals surface area (Å²) < 4.78 is 5.79. The molecule has 0 aromatic heterocycles. The van der Waals surface area contributed by atoms with Crippen LogP contribution in [0.4, 0.5) is 5.69 Å². The fourth-order valence-electron chi connectivity index (χ4n) is 5.11. The van der Waals surface area contributed by atoms with Crippen molar-refractivity contribution in [3.63, 3.8) is 0 Å². The second-order valence-corrected chi connectivity index (χ2v) is 10.7. The number of carbonyl (C=O) groups is 2. The summed E-state index contributed by atoms with van der Waals surface area (Å²) in [6.07, 6.45) is 2.60. The Morgan fingerprint density at radius 3 is 2.43 bits per heavy atom. The number of ketones is 1. The van der Waals surface area contributed by atoms with Crippen LogP contribution in [-0.2, 0) is 23.2 Å². The zero-order chi connectivity index (χ0) is 26.0. The molecule has 2 heterocycles. The average Bonchev–Trinajstić information content (AvgIpc) is 3.47. The first-order valence-electron chi connectivity index (χ1n) is 12.9. The summed E-state index contributed by atoms with van der Waals surface area (Å²) in [6, 6.07) is 9.87. The molecule has 2 aromatic carbocycles. The lowest BCUT2D eigenvalue weighted by molar-refractivity contribution is -0.119. The number of amidine groups is 1. The molecule has 4 rings (SSSR count). The monoisotopic (exact) mass is 570 g/mol. The standard InChI is InChI=1S/C29H38N4O3.BrH/c1-6-36-26-15-21-17-33(28(30)22(21)13-20(26)16-27(35)31-5)18-25(34)19-9-10-24(32-11-7-8-12-32)23(14-19)29(2,3)4;/h9-10,13-15,30H,6-8,11-12,16-18H2,1-5H3,(H,31,35);1H. The molecule has 2 aromatic rings. The lowest BCUT2D eigenvalue weighted by atomic mass is 9.84. The zero-order valence-corrected chi connectivity index (χ0v) is 24.3. The van der Waals surface area contributed by atoms with Gasteiger partial charge in [0.15, 0.2) is 5.78 Å². The van der Waals surface area contributed by atoms with Gasteiger partial charge < -0.3 is 19.9 Å². The number of ether oxygens (including phenoxy) is 1. The SMILES string of the molecule is Br.CCOc1cc2c(cc1CC(=O)NC)C(=N)N(CC(=O)c1ccc(N3CCCC3)c(C(C)(C)C)c1)C2. The highest BCUT2D eigenvalue weighted by atomic mass is 79.9. The third-order valence-electron chi connectivity index (χ3n) is 7.06. The van der Waals surface area contributed by atoms with Crippen LogP contribution in [0, 0.1) is 5.41 Å². The van der Waals surface area contributed by atoms with E-state index in [0.29, 0.717) is 30.3 Å². The van der Waals surface area contributed by atoms with Gasteiger partial charge in [-0.2, -0.15) is 0 Å². The normalized spacial score (nSPS) is 14.9. The van der Waals surface area contributed by atoms with Crippen LogP contribution in [0.25, 0.3) is 0 Å². The van der Waals surface area contributed by atoms with Crippen molar-refractivity contribution in [3.05, 3.63) is 58.1 Å². The summed E-state index contributed by atoms with van der Waals surface area (Å²) in [5.74, 6) is 0.860. The molecule has 0 unspecified atom stereocenters. The van der Waals surface area contributed by atoms with Gasteiger partial charge >= 0.3 is 0 Å². The average molecular weight is 572 g/mol. The Hall–Kier alpha value is -2.87. The van der Waals surface area contributed by atoms with Gasteiger partial charge in [0.1, 0.15) is 11.6 Å². The molecule has 8 heteroatoms. The highest BCUT2D eigenvalue weighted by Gasteiger charge is 2.29. The molecule has 0 bridgehead atoms. The van der Waals surface area contributed by atoms with Gasteiger partial charge in [-0.15, -0.1) is 17.0 Å². The Labute approximate surface area is 230 Å². The second-order valence-electron chi connectivity index (χ2n) is 10.7. The molecule has 2 aliphatic heterocycles. The van der Waals surface area contributed by atoms with Crippen LogP contribution in [0.2, 0.25) is 0 Å². The number of rotatable bonds is 8. The highest BCUT2D eigenvalue weighted by molar-refractivity contribution is 8.93. The van der Waals surface area contributed by atoms with Crippen LogP contribution in [-0.4, -0.2) is 55.7 Å². The van der Waals surface area contributed by atoms with Gasteiger partial charge in [0.2, 0.25) is 5.91 Å². The summed E-state index contributed by atoms with van der Waals surface area (Å²) >= 11 is 0. The van der Waals surface area contributed by atoms with Gasteiger partial charge in [0.05, 0.1) is 19.6 Å². The fraction of sp³-hybridized carbons (Fsp3) is 0.483. The van der Waals surface area contributed by atoms with E-state index < -0.39 is 0 Å². The van der Waals surface area contributed by atoms with Gasteiger partial charge in [0, 0.05) is 49.1 Å². The van der Waals surface area contributed by atoms with Crippen molar-refractivity contribution in [2.24, 2.45) is 0 Å². The predicted molar refractivity (Wildman–Crippen MR) is 154 cm³/mol. The Kier molecular flexibility index (Phi) is 9.05. The maximum absolute atomic E-state index is 13.4. The molecule has 0 radical (unpaired) electrons. The summed E-state index contributed by atoms with van der Waals surface area (Å²) in [4.78, 5) is 29.6. The first-order chi connectivity index (χ1) is 17.1. The lowest BCUT2D eigenvalue weighted by Gasteiger charge is -2.29. The molecule has 1 fully saturated rings. The van der Waals surface area contributed by atoms with Crippen molar-refractivity contribution < 1.29 is 14.3 Å². The van der Waals surface area contributed by atoms with Gasteiger partial charge in [0.25, 0.3) is 0 Å². The number of likely N-dealkylation sites (N-methyl/N-ethyl adjacent to an activating group) is 1. The zero-order valence-electron chi connectivity index (χ0n) is 22.6. The number of halogens is 1. The minimum atomic E-state index is -0.112. The Morgan fingerprint density at radius 2 is 1.81 bits per heavy atom. The highest BCUT2D eigenvalue weighted by Crippen LogP contribution is 2.35. The van der Waals surface area contributed by atoms with Crippen LogP contribution in [0.3, 0.4) is 0 Å². The molecule has 2 N–H and O–H groups in total. The molecule has 1 amide bonds. The number of hydrogen-bond donors (Lipinski definition) is 2. The van der Waals surface area contributed by atoms with Gasteiger partial charge in [-0.3, -0.25) is 15.0 Å². The number of Topliss-reactive ketones (excluding diaryl/α,β-unsaturated/α-hetero) is 1. The van der Waals surface area contributed by atoms with E-state index in [9.17, 15) is 9.59 Å². The summed E-state index contributed by atoms with van der Waals surface area (Å²) in [6.45, 7) is 11.7. The number of benzene rings is 2. The maximum Gasteiger partial charge on any atom is 0.224 e. The van der Waals surface area contributed by atoms with E-state index in [-0.39, 0.29) is 47.1 Å². The van der Waals surface area contributed by atoms with Crippen LogP contribution in [0.5, 0.6) is 5.75 Å². The largest absolute Gasteiger partial charge is 0.494 e. The van der Waals surface area contributed by atoms with Crippen molar-refractivity contribution in [1.29, 1.82) is 5.41 Å². The van der Waals surface area contributed by atoms with E-state index in [1.54, 1.807) is 11.9 Å². The Balaban J connectivity index is 0.00000380. The fourth-order valence-corrected chi connectivity index (χ4v) is 5.11. The molecule has 0 atom stereocenters. The molecule has 0 aliphatic carbocycles. The van der Waals surface area contributed by atoms with Crippen LogP contribution in [0.15, 0.2) is 30.3 Å². The van der Waals surface area contributed by atoms with Crippen molar-refractivity contribution in [1.82, 2.24) is 10.2 Å². The van der Waals surface area contributed by atoms with Crippen molar-refractivity contribution >= 4 is 40.2 Å². The molecule has 7 nitrogen and oxygen atoms in total. The topological polar surface area (TPSA) is 85.7 Å². The van der Waals surface area contributed by atoms with E-state index in [2.05, 4.69) is 43.1 Å². The number of carbonyl (C=O) groups excluding carboxylic acids is 2. The minimum absolute atomic E-state index is 0.